The Hall–Kier alpha value is -2.57. The Morgan fingerprint density at radius 2 is 1.84 bits per heavy atom. The molecule has 0 saturated heterocycles. The molecule has 0 radical (unpaired) electrons. The standard InChI is InChI=1S/C18H24N2O5/c1-24-15-10-6-5-7-13(15)11-17(22)25-12-16(21)20-18(23)19-14-8-3-2-4-9-14/h5-7,10,14H,2-4,8-9,11-12H2,1H3,(H2,19,20,21,23). The van der Waals surface area contributed by atoms with Crippen molar-refractivity contribution in [3.05, 3.63) is 29.8 Å². The maximum absolute atomic E-state index is 11.8. The van der Waals surface area contributed by atoms with E-state index >= 15 is 0 Å². The van der Waals surface area contributed by atoms with Gasteiger partial charge in [-0.15, -0.1) is 0 Å². The Morgan fingerprint density at radius 1 is 1.12 bits per heavy atom. The van der Waals surface area contributed by atoms with E-state index in [2.05, 4.69) is 10.6 Å². The third-order valence-corrected chi connectivity index (χ3v) is 4.08. The predicted molar refractivity (Wildman–Crippen MR) is 91.2 cm³/mol. The van der Waals surface area contributed by atoms with Gasteiger partial charge < -0.3 is 14.8 Å². The van der Waals surface area contributed by atoms with Gasteiger partial charge in [-0.05, 0) is 18.9 Å². The number of carbonyl (C=O) groups excluding carboxylic acids is 3. The number of rotatable bonds is 6. The van der Waals surface area contributed by atoms with Crippen LogP contribution >= 0.6 is 0 Å². The number of nitrogens with one attached hydrogen (secondary N) is 2. The van der Waals surface area contributed by atoms with Gasteiger partial charge in [0.05, 0.1) is 13.5 Å². The lowest BCUT2D eigenvalue weighted by molar-refractivity contribution is -0.147. The topological polar surface area (TPSA) is 93.7 Å². The Morgan fingerprint density at radius 3 is 2.56 bits per heavy atom. The molecule has 7 heteroatoms. The van der Waals surface area contributed by atoms with E-state index in [0.29, 0.717) is 11.3 Å². The monoisotopic (exact) mass is 348 g/mol. The van der Waals surface area contributed by atoms with Crippen LogP contribution in [0.15, 0.2) is 24.3 Å². The molecule has 25 heavy (non-hydrogen) atoms. The zero-order valence-corrected chi connectivity index (χ0v) is 14.4. The Balaban J connectivity index is 1.70. The Bertz CT molecular complexity index is 611. The fourth-order valence-corrected chi connectivity index (χ4v) is 2.83. The van der Waals surface area contributed by atoms with Crippen molar-refractivity contribution in [1.82, 2.24) is 10.6 Å². The van der Waals surface area contributed by atoms with E-state index in [4.69, 9.17) is 9.47 Å². The molecule has 1 fully saturated rings. The number of carbonyl (C=O) groups is 3. The fraction of sp³-hybridized carbons (Fsp3) is 0.500. The average Bonchev–Trinajstić information content (AvgIpc) is 2.61. The molecule has 0 aromatic heterocycles. The third kappa shape index (κ3) is 6.45. The number of urea groups is 1. The molecule has 0 aliphatic heterocycles. The molecule has 136 valence electrons. The van der Waals surface area contributed by atoms with Crippen molar-refractivity contribution in [1.29, 1.82) is 0 Å². The van der Waals surface area contributed by atoms with E-state index in [1.807, 2.05) is 0 Å². The van der Waals surface area contributed by atoms with Gasteiger partial charge in [0.1, 0.15) is 5.75 Å². The maximum atomic E-state index is 11.8. The lowest BCUT2D eigenvalue weighted by Gasteiger charge is -2.22. The first-order valence-corrected chi connectivity index (χ1v) is 8.46. The quantitative estimate of drug-likeness (QED) is 0.766. The first-order chi connectivity index (χ1) is 12.1. The van der Waals surface area contributed by atoms with Gasteiger partial charge in [0.25, 0.3) is 5.91 Å². The molecule has 1 aromatic carbocycles. The number of amides is 3. The number of hydrogen-bond donors (Lipinski definition) is 2. The molecule has 0 heterocycles. The van der Waals surface area contributed by atoms with Crippen LogP contribution in [0.1, 0.15) is 37.7 Å². The van der Waals surface area contributed by atoms with Crippen molar-refractivity contribution in [3.8, 4) is 5.75 Å². The molecule has 0 atom stereocenters. The van der Waals surface area contributed by atoms with Gasteiger partial charge >= 0.3 is 12.0 Å². The number of imide groups is 1. The summed E-state index contributed by atoms with van der Waals surface area (Å²) in [6.07, 6.45) is 5.19. The normalized spacial score (nSPS) is 14.4. The number of para-hydroxylation sites is 1. The van der Waals surface area contributed by atoms with Crippen molar-refractivity contribution in [3.63, 3.8) is 0 Å². The zero-order chi connectivity index (χ0) is 18.1. The molecule has 0 bridgehead atoms. The molecular weight excluding hydrogens is 324 g/mol. The molecule has 7 nitrogen and oxygen atoms in total. The van der Waals surface area contributed by atoms with E-state index < -0.39 is 24.5 Å². The van der Waals surface area contributed by atoms with Crippen LogP contribution in [-0.2, 0) is 20.7 Å². The van der Waals surface area contributed by atoms with E-state index in [0.717, 1.165) is 25.7 Å². The Labute approximate surface area is 147 Å². The van der Waals surface area contributed by atoms with Crippen LogP contribution in [0.2, 0.25) is 0 Å². The van der Waals surface area contributed by atoms with Gasteiger partial charge in [-0.3, -0.25) is 14.9 Å². The number of methoxy groups -OCH3 is 1. The van der Waals surface area contributed by atoms with E-state index in [-0.39, 0.29) is 12.5 Å². The summed E-state index contributed by atoms with van der Waals surface area (Å²) in [7, 11) is 1.52. The molecule has 2 rings (SSSR count). The zero-order valence-electron chi connectivity index (χ0n) is 14.4. The second kappa shape index (κ2) is 9.66. The average molecular weight is 348 g/mol. The van der Waals surface area contributed by atoms with Crippen molar-refractivity contribution >= 4 is 17.9 Å². The van der Waals surface area contributed by atoms with Crippen LogP contribution in [0.3, 0.4) is 0 Å². The summed E-state index contributed by atoms with van der Waals surface area (Å²) in [5.41, 5.74) is 0.672. The highest BCUT2D eigenvalue weighted by Crippen LogP contribution is 2.18. The van der Waals surface area contributed by atoms with Gasteiger partial charge in [-0.1, -0.05) is 37.5 Å². The SMILES string of the molecule is COc1ccccc1CC(=O)OCC(=O)NC(=O)NC1CCCCC1. The highest BCUT2D eigenvalue weighted by molar-refractivity contribution is 5.95. The fourth-order valence-electron chi connectivity index (χ4n) is 2.83. The summed E-state index contributed by atoms with van der Waals surface area (Å²) in [6.45, 7) is -0.494. The van der Waals surface area contributed by atoms with Crippen LogP contribution in [0, 0.1) is 0 Å². The minimum Gasteiger partial charge on any atom is -0.496 e. The molecule has 0 spiro atoms. The molecular formula is C18H24N2O5. The lowest BCUT2D eigenvalue weighted by Crippen LogP contribution is -2.46. The smallest absolute Gasteiger partial charge is 0.321 e. The minimum absolute atomic E-state index is 0.00837. The van der Waals surface area contributed by atoms with Crippen LogP contribution in [0.4, 0.5) is 4.79 Å². The van der Waals surface area contributed by atoms with Gasteiger partial charge in [0, 0.05) is 11.6 Å². The number of hydrogen-bond acceptors (Lipinski definition) is 5. The van der Waals surface area contributed by atoms with Gasteiger partial charge in [0.15, 0.2) is 6.61 Å². The summed E-state index contributed by atoms with van der Waals surface area (Å²) in [6, 6.07) is 6.63. The van der Waals surface area contributed by atoms with Crippen LogP contribution in [0.25, 0.3) is 0 Å². The number of ether oxygens (including phenoxy) is 2. The summed E-state index contributed by atoms with van der Waals surface area (Å²) in [5, 5.41) is 4.94. The summed E-state index contributed by atoms with van der Waals surface area (Å²) in [5.74, 6) is -0.634. The summed E-state index contributed by atoms with van der Waals surface area (Å²) < 4.78 is 10.1. The van der Waals surface area contributed by atoms with Crippen molar-refractivity contribution in [2.45, 2.75) is 44.6 Å². The van der Waals surface area contributed by atoms with Crippen LogP contribution in [0.5, 0.6) is 5.75 Å². The number of benzene rings is 1. The van der Waals surface area contributed by atoms with Crippen LogP contribution < -0.4 is 15.4 Å². The second-order valence-corrected chi connectivity index (χ2v) is 6.01. The van der Waals surface area contributed by atoms with Crippen molar-refractivity contribution < 1.29 is 23.9 Å². The van der Waals surface area contributed by atoms with E-state index in [9.17, 15) is 14.4 Å². The summed E-state index contributed by atoms with van der Waals surface area (Å²) in [4.78, 5) is 35.3. The molecule has 1 aliphatic carbocycles. The lowest BCUT2D eigenvalue weighted by atomic mass is 9.96. The Kier molecular flexibility index (Phi) is 7.25. The van der Waals surface area contributed by atoms with Gasteiger partial charge in [-0.2, -0.15) is 0 Å². The largest absolute Gasteiger partial charge is 0.496 e. The molecule has 3 amide bonds. The minimum atomic E-state index is -0.651. The summed E-state index contributed by atoms with van der Waals surface area (Å²) >= 11 is 0. The first-order valence-electron chi connectivity index (χ1n) is 8.46. The maximum Gasteiger partial charge on any atom is 0.321 e. The predicted octanol–water partition coefficient (Wildman–Crippen LogP) is 1.94. The van der Waals surface area contributed by atoms with E-state index in [1.54, 1.807) is 24.3 Å². The molecule has 0 unspecified atom stereocenters. The molecule has 1 aliphatic rings. The molecule has 1 aromatic rings. The van der Waals surface area contributed by atoms with E-state index in [1.165, 1.54) is 13.5 Å². The molecule has 1 saturated carbocycles. The van der Waals surface area contributed by atoms with Gasteiger partial charge in [-0.25, -0.2) is 4.79 Å². The second-order valence-electron chi connectivity index (χ2n) is 6.01. The number of esters is 1. The van der Waals surface area contributed by atoms with Gasteiger partial charge in [0.2, 0.25) is 0 Å². The van der Waals surface area contributed by atoms with Crippen LogP contribution in [-0.4, -0.2) is 37.7 Å². The molecule has 2 N–H and O–H groups in total. The highest BCUT2D eigenvalue weighted by Gasteiger charge is 2.17. The third-order valence-electron chi connectivity index (χ3n) is 4.08. The van der Waals surface area contributed by atoms with Crippen molar-refractivity contribution in [2.75, 3.05) is 13.7 Å². The first kappa shape index (κ1) is 18.8. The van der Waals surface area contributed by atoms with Crippen molar-refractivity contribution in [2.24, 2.45) is 0 Å². The highest BCUT2D eigenvalue weighted by atomic mass is 16.5.